The van der Waals surface area contributed by atoms with Gasteiger partial charge in [0, 0.05) is 5.56 Å². The number of nitrogens with zero attached hydrogens (tertiary/aromatic N) is 1. The minimum absolute atomic E-state index is 0.109. The van der Waals surface area contributed by atoms with E-state index in [1.54, 1.807) is 24.3 Å². The summed E-state index contributed by atoms with van der Waals surface area (Å²) in [6.07, 6.45) is 0.109. The predicted molar refractivity (Wildman–Crippen MR) is 63.9 cm³/mol. The Morgan fingerprint density at radius 3 is 2.44 bits per heavy atom. The Morgan fingerprint density at radius 2 is 1.83 bits per heavy atom. The van der Waals surface area contributed by atoms with Gasteiger partial charge >= 0.3 is 0 Å². The first-order valence-electron chi connectivity index (χ1n) is 5.70. The zero-order valence-electron chi connectivity index (χ0n) is 10.1. The third-order valence-electron chi connectivity index (χ3n) is 3.26. The lowest BCUT2D eigenvalue weighted by atomic mass is 9.92. The third-order valence-corrected chi connectivity index (χ3v) is 3.26. The number of carbonyl (C=O) groups is 2. The SMILES string of the molecule is CC(CO)(CO)N1C(=O)Cc2ccccc2C1=O. The number of carbonyl (C=O) groups excluding carboxylic acids is 2. The van der Waals surface area contributed by atoms with E-state index in [0.29, 0.717) is 11.1 Å². The number of hydrogen-bond acceptors (Lipinski definition) is 4. The Kier molecular flexibility index (Phi) is 3.19. The molecule has 1 heterocycles. The van der Waals surface area contributed by atoms with E-state index in [1.807, 2.05) is 0 Å². The van der Waals surface area contributed by atoms with Crippen LogP contribution in [-0.4, -0.2) is 45.7 Å². The molecule has 2 amide bonds. The second-order valence-corrected chi connectivity index (χ2v) is 4.68. The predicted octanol–water partition coefficient (Wildman–Crippen LogP) is -0.0452. The molecule has 0 bridgehead atoms. The number of imide groups is 1. The van der Waals surface area contributed by atoms with Crippen LogP contribution in [0.5, 0.6) is 0 Å². The fraction of sp³-hybridized carbons (Fsp3) is 0.385. The fourth-order valence-corrected chi connectivity index (χ4v) is 2.10. The van der Waals surface area contributed by atoms with Crippen LogP contribution >= 0.6 is 0 Å². The van der Waals surface area contributed by atoms with Gasteiger partial charge in [-0.25, -0.2) is 0 Å². The van der Waals surface area contributed by atoms with Crippen LogP contribution in [0.3, 0.4) is 0 Å². The van der Waals surface area contributed by atoms with Crippen molar-refractivity contribution in [1.29, 1.82) is 0 Å². The van der Waals surface area contributed by atoms with E-state index < -0.39 is 30.6 Å². The number of fused-ring (bicyclic) bond motifs is 1. The van der Waals surface area contributed by atoms with E-state index in [0.717, 1.165) is 4.90 Å². The molecule has 1 aromatic rings. The minimum Gasteiger partial charge on any atom is -0.394 e. The summed E-state index contributed by atoms with van der Waals surface area (Å²) in [5, 5.41) is 18.6. The molecule has 5 nitrogen and oxygen atoms in total. The molecule has 1 aromatic carbocycles. The van der Waals surface area contributed by atoms with Crippen molar-refractivity contribution in [1.82, 2.24) is 4.90 Å². The Balaban J connectivity index is 2.47. The van der Waals surface area contributed by atoms with Crippen LogP contribution in [0.15, 0.2) is 24.3 Å². The number of aliphatic hydroxyl groups is 2. The minimum atomic E-state index is -1.26. The number of rotatable bonds is 3. The van der Waals surface area contributed by atoms with E-state index in [2.05, 4.69) is 0 Å². The highest BCUT2D eigenvalue weighted by Gasteiger charge is 2.42. The molecule has 0 saturated heterocycles. The molecule has 0 aromatic heterocycles. The summed E-state index contributed by atoms with van der Waals surface area (Å²) >= 11 is 0. The van der Waals surface area contributed by atoms with Crippen LogP contribution in [-0.2, 0) is 11.2 Å². The zero-order valence-corrected chi connectivity index (χ0v) is 10.1. The smallest absolute Gasteiger partial charge is 0.261 e. The molecule has 1 aliphatic heterocycles. The van der Waals surface area contributed by atoms with E-state index in [1.165, 1.54) is 6.92 Å². The van der Waals surface area contributed by atoms with E-state index in [-0.39, 0.29) is 6.42 Å². The van der Waals surface area contributed by atoms with Crippen LogP contribution < -0.4 is 0 Å². The summed E-state index contributed by atoms with van der Waals surface area (Å²) in [6.45, 7) is 0.545. The Hall–Kier alpha value is -1.72. The van der Waals surface area contributed by atoms with E-state index in [4.69, 9.17) is 0 Å². The third kappa shape index (κ3) is 1.81. The summed E-state index contributed by atoms with van der Waals surface area (Å²) in [6, 6.07) is 6.87. The largest absolute Gasteiger partial charge is 0.394 e. The van der Waals surface area contributed by atoms with Gasteiger partial charge in [0.2, 0.25) is 5.91 Å². The lowest BCUT2D eigenvalue weighted by molar-refractivity contribution is -0.136. The van der Waals surface area contributed by atoms with Crippen molar-refractivity contribution in [2.24, 2.45) is 0 Å². The maximum Gasteiger partial charge on any atom is 0.261 e. The van der Waals surface area contributed by atoms with Crippen molar-refractivity contribution in [2.75, 3.05) is 13.2 Å². The maximum absolute atomic E-state index is 12.3. The van der Waals surface area contributed by atoms with Crippen LogP contribution in [0, 0.1) is 0 Å². The highest BCUT2D eigenvalue weighted by molar-refractivity contribution is 6.10. The Labute approximate surface area is 105 Å². The summed E-state index contributed by atoms with van der Waals surface area (Å²) in [5.41, 5.74) is -0.131. The molecule has 2 N–H and O–H groups in total. The first-order chi connectivity index (χ1) is 8.53. The van der Waals surface area contributed by atoms with E-state index >= 15 is 0 Å². The first-order valence-corrected chi connectivity index (χ1v) is 5.70. The van der Waals surface area contributed by atoms with Crippen molar-refractivity contribution >= 4 is 11.8 Å². The van der Waals surface area contributed by atoms with Gasteiger partial charge in [-0.1, -0.05) is 18.2 Å². The van der Waals surface area contributed by atoms with Gasteiger partial charge in [-0.05, 0) is 18.6 Å². The van der Waals surface area contributed by atoms with Crippen LogP contribution in [0.25, 0.3) is 0 Å². The molecule has 0 radical (unpaired) electrons. The Bertz CT molecular complexity index is 494. The highest BCUT2D eigenvalue weighted by atomic mass is 16.3. The zero-order chi connectivity index (χ0) is 13.3. The second-order valence-electron chi connectivity index (χ2n) is 4.68. The average Bonchev–Trinajstić information content (AvgIpc) is 2.38. The molecule has 0 unspecified atom stereocenters. The normalized spacial score (nSPS) is 15.8. The maximum atomic E-state index is 12.3. The molecule has 2 rings (SSSR count). The number of aliphatic hydroxyl groups excluding tert-OH is 2. The van der Waals surface area contributed by atoms with Crippen LogP contribution in [0.1, 0.15) is 22.8 Å². The molecular weight excluding hydrogens is 234 g/mol. The molecule has 0 aliphatic carbocycles. The van der Waals surface area contributed by atoms with Crippen LogP contribution in [0.4, 0.5) is 0 Å². The lowest BCUT2D eigenvalue weighted by Crippen LogP contribution is -2.59. The quantitative estimate of drug-likeness (QED) is 0.737. The number of amides is 2. The average molecular weight is 249 g/mol. The number of hydrogen-bond donors (Lipinski definition) is 2. The van der Waals surface area contributed by atoms with E-state index in [9.17, 15) is 19.8 Å². The molecule has 0 atom stereocenters. The van der Waals surface area contributed by atoms with Crippen LogP contribution in [0.2, 0.25) is 0 Å². The molecule has 18 heavy (non-hydrogen) atoms. The molecule has 1 aliphatic rings. The molecule has 0 saturated carbocycles. The van der Waals surface area contributed by atoms with Crippen molar-refractivity contribution in [3.8, 4) is 0 Å². The van der Waals surface area contributed by atoms with Crippen molar-refractivity contribution in [3.05, 3.63) is 35.4 Å². The molecular formula is C13H15NO4. The first kappa shape index (κ1) is 12.7. The molecule has 0 fully saturated rings. The molecule has 96 valence electrons. The molecule has 0 spiro atoms. The van der Waals surface area contributed by atoms with Crippen molar-refractivity contribution < 1.29 is 19.8 Å². The summed E-state index contributed by atoms with van der Waals surface area (Å²) in [5.74, 6) is -0.864. The number of benzene rings is 1. The van der Waals surface area contributed by atoms with Gasteiger partial charge in [0.25, 0.3) is 5.91 Å². The van der Waals surface area contributed by atoms with Gasteiger partial charge in [-0.15, -0.1) is 0 Å². The van der Waals surface area contributed by atoms with Gasteiger partial charge in [0.05, 0.1) is 25.2 Å². The standard InChI is InChI=1S/C13H15NO4/c1-13(7-15,8-16)14-11(17)6-9-4-2-3-5-10(9)12(14)18/h2-5,15-16H,6-8H2,1H3. The van der Waals surface area contributed by atoms with Gasteiger partial charge in [-0.2, -0.15) is 0 Å². The summed E-state index contributed by atoms with van der Waals surface area (Å²) in [7, 11) is 0. The Morgan fingerprint density at radius 1 is 1.22 bits per heavy atom. The summed E-state index contributed by atoms with van der Waals surface area (Å²) in [4.78, 5) is 25.3. The van der Waals surface area contributed by atoms with Gasteiger partial charge in [0.15, 0.2) is 0 Å². The second kappa shape index (κ2) is 4.51. The van der Waals surface area contributed by atoms with Gasteiger partial charge < -0.3 is 10.2 Å². The van der Waals surface area contributed by atoms with Gasteiger partial charge in [0.1, 0.15) is 0 Å². The fourth-order valence-electron chi connectivity index (χ4n) is 2.10. The lowest BCUT2D eigenvalue weighted by Gasteiger charge is -2.39. The van der Waals surface area contributed by atoms with Gasteiger partial charge in [-0.3, -0.25) is 14.5 Å². The topological polar surface area (TPSA) is 77.8 Å². The van der Waals surface area contributed by atoms with Crippen molar-refractivity contribution in [3.63, 3.8) is 0 Å². The molecule has 5 heteroatoms. The van der Waals surface area contributed by atoms with Crippen molar-refractivity contribution in [2.45, 2.75) is 18.9 Å². The summed E-state index contributed by atoms with van der Waals surface area (Å²) < 4.78 is 0. The highest BCUT2D eigenvalue weighted by Crippen LogP contribution is 2.26. The monoisotopic (exact) mass is 249 g/mol.